The second-order valence-corrected chi connectivity index (χ2v) is 6.32. The number of nitrogen functional groups attached to an aromatic ring is 1. The predicted molar refractivity (Wildman–Crippen MR) is 90.7 cm³/mol. The molecule has 122 valence electrons. The number of nitriles is 1. The SMILES string of the molecule is N#CCC(C1CCCC1)n1ncc(-c2ncnc3[nH]ccc23)c1N. The van der Waals surface area contributed by atoms with Crippen LogP contribution in [-0.4, -0.2) is 24.7 Å². The Labute approximate surface area is 139 Å². The molecule has 0 amide bonds. The Balaban J connectivity index is 1.77. The minimum absolute atomic E-state index is 0.0369. The molecule has 3 heterocycles. The predicted octanol–water partition coefficient (Wildman–Crippen LogP) is 3.05. The van der Waals surface area contributed by atoms with Crippen LogP contribution >= 0.6 is 0 Å². The third kappa shape index (κ3) is 2.31. The van der Waals surface area contributed by atoms with Crippen LogP contribution in [0.3, 0.4) is 0 Å². The molecular formula is C17H19N7. The summed E-state index contributed by atoms with van der Waals surface area (Å²) in [5, 5.41) is 14.7. The molecule has 7 nitrogen and oxygen atoms in total. The van der Waals surface area contributed by atoms with Crippen molar-refractivity contribution in [2.24, 2.45) is 5.92 Å². The highest BCUT2D eigenvalue weighted by Gasteiger charge is 2.29. The third-order valence-corrected chi connectivity index (χ3v) is 5.00. The summed E-state index contributed by atoms with van der Waals surface area (Å²) in [6.45, 7) is 0. The number of hydrogen-bond acceptors (Lipinski definition) is 5. The number of nitrogens with two attached hydrogens (primary N) is 1. The second-order valence-electron chi connectivity index (χ2n) is 6.32. The highest BCUT2D eigenvalue weighted by molar-refractivity contribution is 5.93. The number of aromatic amines is 1. The summed E-state index contributed by atoms with van der Waals surface area (Å²) in [6, 6.07) is 4.27. The van der Waals surface area contributed by atoms with E-state index in [1.54, 1.807) is 6.20 Å². The summed E-state index contributed by atoms with van der Waals surface area (Å²) >= 11 is 0. The fourth-order valence-electron chi connectivity index (χ4n) is 3.79. The van der Waals surface area contributed by atoms with Crippen molar-refractivity contribution >= 4 is 16.9 Å². The fourth-order valence-corrected chi connectivity index (χ4v) is 3.79. The van der Waals surface area contributed by atoms with Gasteiger partial charge in [-0.2, -0.15) is 10.4 Å². The molecule has 0 bridgehead atoms. The maximum atomic E-state index is 9.23. The first-order valence-corrected chi connectivity index (χ1v) is 8.28. The van der Waals surface area contributed by atoms with E-state index in [1.165, 1.54) is 19.2 Å². The van der Waals surface area contributed by atoms with E-state index in [0.29, 0.717) is 18.2 Å². The highest BCUT2D eigenvalue weighted by atomic mass is 15.3. The van der Waals surface area contributed by atoms with E-state index in [9.17, 15) is 5.26 Å². The zero-order valence-electron chi connectivity index (χ0n) is 13.3. The maximum absolute atomic E-state index is 9.23. The maximum Gasteiger partial charge on any atom is 0.141 e. The van der Waals surface area contributed by atoms with Gasteiger partial charge in [-0.15, -0.1) is 0 Å². The molecule has 1 aliphatic rings. The van der Waals surface area contributed by atoms with E-state index in [-0.39, 0.29) is 6.04 Å². The largest absolute Gasteiger partial charge is 0.383 e. The normalized spacial score (nSPS) is 16.5. The van der Waals surface area contributed by atoms with Crippen LogP contribution in [0.5, 0.6) is 0 Å². The lowest BCUT2D eigenvalue weighted by atomic mass is 9.96. The molecule has 1 saturated carbocycles. The Morgan fingerprint density at radius 1 is 1.38 bits per heavy atom. The summed E-state index contributed by atoms with van der Waals surface area (Å²) in [5.74, 6) is 1.04. The lowest BCUT2D eigenvalue weighted by molar-refractivity contribution is 0.318. The van der Waals surface area contributed by atoms with Crippen LogP contribution in [0.15, 0.2) is 24.8 Å². The average molecular weight is 321 g/mol. The fraction of sp³-hybridized carbons (Fsp3) is 0.412. The molecule has 1 unspecified atom stereocenters. The Morgan fingerprint density at radius 3 is 3.00 bits per heavy atom. The highest BCUT2D eigenvalue weighted by Crippen LogP contribution is 2.39. The Hall–Kier alpha value is -2.88. The van der Waals surface area contributed by atoms with Crippen LogP contribution in [0, 0.1) is 17.2 Å². The number of H-pyrrole nitrogens is 1. The quantitative estimate of drug-likeness (QED) is 0.767. The summed E-state index contributed by atoms with van der Waals surface area (Å²) in [5.41, 5.74) is 8.75. The molecule has 7 heteroatoms. The minimum Gasteiger partial charge on any atom is -0.383 e. The van der Waals surface area contributed by atoms with Crippen LogP contribution < -0.4 is 5.73 Å². The van der Waals surface area contributed by atoms with Gasteiger partial charge < -0.3 is 10.7 Å². The molecule has 0 spiro atoms. The molecule has 1 atom stereocenters. The smallest absolute Gasteiger partial charge is 0.141 e. The number of fused-ring (bicyclic) bond motifs is 1. The average Bonchev–Trinajstić information content (AvgIpc) is 3.33. The standard InChI is InChI=1S/C17H19N7/c18-7-5-14(11-3-1-2-4-11)24-16(19)13(9-23-24)15-12-6-8-20-17(12)22-10-21-15/h6,8-11,14H,1-5,19H2,(H,20,21,22). The van der Waals surface area contributed by atoms with Crippen LogP contribution in [0.25, 0.3) is 22.3 Å². The summed E-state index contributed by atoms with van der Waals surface area (Å²) in [4.78, 5) is 11.7. The Morgan fingerprint density at radius 2 is 2.21 bits per heavy atom. The molecule has 3 N–H and O–H groups in total. The number of nitrogens with zero attached hydrogens (tertiary/aromatic N) is 5. The molecule has 3 aromatic heterocycles. The molecule has 0 aromatic carbocycles. The third-order valence-electron chi connectivity index (χ3n) is 5.00. The molecular weight excluding hydrogens is 302 g/mol. The van der Waals surface area contributed by atoms with Crippen molar-refractivity contribution in [2.75, 3.05) is 5.73 Å². The molecule has 0 radical (unpaired) electrons. The summed E-state index contributed by atoms with van der Waals surface area (Å²) < 4.78 is 1.83. The van der Waals surface area contributed by atoms with Gasteiger partial charge in [-0.05, 0) is 24.8 Å². The van der Waals surface area contributed by atoms with Gasteiger partial charge in [0, 0.05) is 11.6 Å². The van der Waals surface area contributed by atoms with E-state index in [0.717, 1.165) is 35.1 Å². The Bertz CT molecular complexity index is 895. The van der Waals surface area contributed by atoms with Crippen molar-refractivity contribution in [1.82, 2.24) is 24.7 Å². The van der Waals surface area contributed by atoms with Crippen molar-refractivity contribution < 1.29 is 0 Å². The monoisotopic (exact) mass is 321 g/mol. The first kappa shape index (κ1) is 14.7. The van der Waals surface area contributed by atoms with Crippen molar-refractivity contribution in [2.45, 2.75) is 38.1 Å². The van der Waals surface area contributed by atoms with Gasteiger partial charge in [-0.3, -0.25) is 0 Å². The van der Waals surface area contributed by atoms with E-state index in [1.807, 2.05) is 16.9 Å². The van der Waals surface area contributed by atoms with Crippen LogP contribution in [-0.2, 0) is 0 Å². The van der Waals surface area contributed by atoms with Crippen LogP contribution in [0.1, 0.15) is 38.1 Å². The number of anilines is 1. The summed E-state index contributed by atoms with van der Waals surface area (Å²) in [6.07, 6.45) is 10.2. The number of hydrogen-bond donors (Lipinski definition) is 2. The van der Waals surface area contributed by atoms with Crippen molar-refractivity contribution in [3.8, 4) is 17.3 Å². The summed E-state index contributed by atoms with van der Waals surface area (Å²) in [7, 11) is 0. The van der Waals surface area contributed by atoms with Crippen molar-refractivity contribution in [1.29, 1.82) is 5.26 Å². The molecule has 0 aliphatic heterocycles. The molecule has 3 aromatic rings. The van der Waals surface area contributed by atoms with Gasteiger partial charge in [-0.25, -0.2) is 14.6 Å². The van der Waals surface area contributed by atoms with Gasteiger partial charge in [0.1, 0.15) is 17.8 Å². The van der Waals surface area contributed by atoms with Gasteiger partial charge >= 0.3 is 0 Å². The molecule has 0 saturated heterocycles. The van der Waals surface area contributed by atoms with Gasteiger partial charge in [0.2, 0.25) is 0 Å². The van der Waals surface area contributed by atoms with E-state index in [2.05, 4.69) is 26.1 Å². The zero-order valence-corrected chi connectivity index (χ0v) is 13.3. The zero-order chi connectivity index (χ0) is 16.5. The molecule has 24 heavy (non-hydrogen) atoms. The first-order valence-electron chi connectivity index (χ1n) is 8.28. The van der Waals surface area contributed by atoms with E-state index in [4.69, 9.17) is 5.73 Å². The van der Waals surface area contributed by atoms with Gasteiger partial charge in [0.05, 0.1) is 36.0 Å². The molecule has 4 rings (SSSR count). The number of nitrogens with one attached hydrogen (secondary N) is 1. The van der Waals surface area contributed by atoms with Gasteiger partial charge in [0.25, 0.3) is 0 Å². The first-order chi connectivity index (χ1) is 11.8. The number of aromatic nitrogens is 5. The van der Waals surface area contributed by atoms with Gasteiger partial charge in [0.15, 0.2) is 0 Å². The topological polar surface area (TPSA) is 109 Å². The van der Waals surface area contributed by atoms with E-state index < -0.39 is 0 Å². The van der Waals surface area contributed by atoms with Crippen molar-refractivity contribution in [3.05, 3.63) is 24.8 Å². The second kappa shape index (κ2) is 5.96. The lowest BCUT2D eigenvalue weighted by Crippen LogP contribution is -2.20. The molecule has 1 aliphatic carbocycles. The van der Waals surface area contributed by atoms with Crippen molar-refractivity contribution in [3.63, 3.8) is 0 Å². The lowest BCUT2D eigenvalue weighted by Gasteiger charge is -2.22. The van der Waals surface area contributed by atoms with Gasteiger partial charge in [-0.1, -0.05) is 12.8 Å². The van der Waals surface area contributed by atoms with Crippen LogP contribution in [0.4, 0.5) is 5.82 Å². The van der Waals surface area contributed by atoms with Crippen LogP contribution in [0.2, 0.25) is 0 Å². The number of rotatable bonds is 4. The minimum atomic E-state index is 0.0369. The Kier molecular flexibility index (Phi) is 3.65. The molecule has 1 fully saturated rings. The van der Waals surface area contributed by atoms with E-state index >= 15 is 0 Å².